The van der Waals surface area contributed by atoms with Crippen LogP contribution in [-0.4, -0.2) is 42.2 Å². The van der Waals surface area contributed by atoms with Crippen LogP contribution in [0.3, 0.4) is 0 Å². The van der Waals surface area contributed by atoms with E-state index in [2.05, 4.69) is 17.3 Å². The molecular formula is C13H20N2O3. The van der Waals surface area contributed by atoms with Crippen molar-refractivity contribution >= 4 is 5.97 Å². The molecule has 1 saturated heterocycles. The second kappa shape index (κ2) is 5.54. The van der Waals surface area contributed by atoms with Crippen LogP contribution >= 0.6 is 0 Å². The zero-order chi connectivity index (χ0) is 13.1. The SMILES string of the molecule is Cc1cc(CN(C)C2CCNCC2)oc1C(=O)O. The van der Waals surface area contributed by atoms with E-state index >= 15 is 0 Å². The van der Waals surface area contributed by atoms with Gasteiger partial charge < -0.3 is 14.8 Å². The second-order valence-electron chi connectivity index (χ2n) is 4.93. The summed E-state index contributed by atoms with van der Waals surface area (Å²) in [5.41, 5.74) is 0.691. The molecule has 18 heavy (non-hydrogen) atoms. The predicted molar refractivity (Wildman–Crippen MR) is 67.8 cm³/mol. The van der Waals surface area contributed by atoms with Gasteiger partial charge in [-0.25, -0.2) is 4.79 Å². The molecule has 2 heterocycles. The monoisotopic (exact) mass is 252 g/mol. The van der Waals surface area contributed by atoms with Crippen molar-refractivity contribution in [3.8, 4) is 0 Å². The average molecular weight is 252 g/mol. The lowest BCUT2D eigenvalue weighted by Gasteiger charge is -2.30. The maximum absolute atomic E-state index is 10.9. The third kappa shape index (κ3) is 2.91. The van der Waals surface area contributed by atoms with E-state index < -0.39 is 5.97 Å². The van der Waals surface area contributed by atoms with E-state index in [1.54, 1.807) is 6.92 Å². The van der Waals surface area contributed by atoms with E-state index in [1.165, 1.54) is 0 Å². The molecule has 0 spiro atoms. The molecule has 5 nitrogen and oxygen atoms in total. The summed E-state index contributed by atoms with van der Waals surface area (Å²) in [4.78, 5) is 13.1. The second-order valence-corrected chi connectivity index (χ2v) is 4.93. The van der Waals surface area contributed by atoms with Crippen molar-refractivity contribution in [1.29, 1.82) is 0 Å². The molecule has 0 amide bonds. The van der Waals surface area contributed by atoms with Crippen LogP contribution in [-0.2, 0) is 6.54 Å². The Morgan fingerprint density at radius 3 is 2.78 bits per heavy atom. The van der Waals surface area contributed by atoms with Crippen LogP contribution in [0.2, 0.25) is 0 Å². The van der Waals surface area contributed by atoms with E-state index in [0.717, 1.165) is 31.7 Å². The Hall–Kier alpha value is -1.33. The number of piperidine rings is 1. The van der Waals surface area contributed by atoms with E-state index in [-0.39, 0.29) is 5.76 Å². The molecule has 1 aliphatic heterocycles. The lowest BCUT2D eigenvalue weighted by molar-refractivity contribution is 0.0656. The number of hydrogen-bond donors (Lipinski definition) is 2. The molecule has 2 N–H and O–H groups in total. The first-order chi connectivity index (χ1) is 8.58. The molecule has 1 fully saturated rings. The summed E-state index contributed by atoms with van der Waals surface area (Å²) >= 11 is 0. The van der Waals surface area contributed by atoms with E-state index in [1.807, 2.05) is 6.07 Å². The quantitative estimate of drug-likeness (QED) is 0.849. The van der Waals surface area contributed by atoms with Crippen LogP contribution in [0.5, 0.6) is 0 Å². The fraction of sp³-hybridized carbons (Fsp3) is 0.615. The van der Waals surface area contributed by atoms with E-state index in [0.29, 0.717) is 18.2 Å². The highest BCUT2D eigenvalue weighted by Gasteiger charge is 2.20. The first-order valence-electron chi connectivity index (χ1n) is 6.31. The molecule has 5 heteroatoms. The number of aryl methyl sites for hydroxylation is 1. The van der Waals surface area contributed by atoms with Gasteiger partial charge in [-0.2, -0.15) is 0 Å². The van der Waals surface area contributed by atoms with E-state index in [9.17, 15) is 4.79 Å². The topological polar surface area (TPSA) is 65.7 Å². The molecule has 0 aliphatic carbocycles. The summed E-state index contributed by atoms with van der Waals surface area (Å²) in [5.74, 6) is -0.210. The van der Waals surface area contributed by atoms with Crippen molar-refractivity contribution < 1.29 is 14.3 Å². The van der Waals surface area contributed by atoms with Gasteiger partial charge in [-0.3, -0.25) is 4.90 Å². The summed E-state index contributed by atoms with van der Waals surface area (Å²) in [6, 6.07) is 2.37. The highest BCUT2D eigenvalue weighted by atomic mass is 16.4. The summed E-state index contributed by atoms with van der Waals surface area (Å²) < 4.78 is 5.38. The minimum absolute atomic E-state index is 0.0590. The van der Waals surface area contributed by atoms with Crippen molar-refractivity contribution in [2.45, 2.75) is 32.4 Å². The van der Waals surface area contributed by atoms with Crippen molar-refractivity contribution in [2.24, 2.45) is 0 Å². The van der Waals surface area contributed by atoms with Crippen molar-refractivity contribution in [1.82, 2.24) is 10.2 Å². The number of carbonyl (C=O) groups is 1. The van der Waals surface area contributed by atoms with Crippen LogP contribution < -0.4 is 5.32 Å². The number of carboxylic acids is 1. The Labute approximate surface area is 107 Å². The number of furan rings is 1. The third-order valence-corrected chi connectivity index (χ3v) is 3.50. The number of aromatic carboxylic acids is 1. The summed E-state index contributed by atoms with van der Waals surface area (Å²) in [6.07, 6.45) is 2.25. The van der Waals surface area contributed by atoms with Gasteiger partial charge in [0, 0.05) is 11.6 Å². The number of nitrogens with one attached hydrogen (secondary N) is 1. The Balaban J connectivity index is 2.00. The minimum atomic E-state index is -0.997. The molecule has 0 bridgehead atoms. The fourth-order valence-corrected chi connectivity index (χ4v) is 2.46. The number of rotatable bonds is 4. The van der Waals surface area contributed by atoms with Gasteiger partial charge >= 0.3 is 5.97 Å². The van der Waals surface area contributed by atoms with Crippen LogP contribution in [0.1, 0.15) is 34.7 Å². The Morgan fingerprint density at radius 2 is 2.22 bits per heavy atom. The molecule has 0 unspecified atom stereocenters. The molecule has 1 aliphatic rings. The fourth-order valence-electron chi connectivity index (χ4n) is 2.46. The number of nitrogens with zero attached hydrogens (tertiary/aromatic N) is 1. The van der Waals surface area contributed by atoms with Crippen LogP contribution in [0.25, 0.3) is 0 Å². The molecule has 0 aromatic carbocycles. The molecule has 0 saturated carbocycles. The number of carboxylic acid groups (broad SMARTS) is 1. The largest absolute Gasteiger partial charge is 0.475 e. The summed E-state index contributed by atoms with van der Waals surface area (Å²) in [6.45, 7) is 4.53. The molecular weight excluding hydrogens is 232 g/mol. The lowest BCUT2D eigenvalue weighted by Crippen LogP contribution is -2.40. The smallest absolute Gasteiger partial charge is 0.372 e. The zero-order valence-electron chi connectivity index (χ0n) is 10.9. The zero-order valence-corrected chi connectivity index (χ0v) is 10.9. The van der Waals surface area contributed by atoms with Crippen molar-refractivity contribution in [2.75, 3.05) is 20.1 Å². The highest BCUT2D eigenvalue weighted by Crippen LogP contribution is 2.18. The first kappa shape index (κ1) is 13.1. The molecule has 0 radical (unpaired) electrons. The minimum Gasteiger partial charge on any atom is -0.475 e. The van der Waals surface area contributed by atoms with Gasteiger partial charge in [-0.1, -0.05) is 0 Å². The van der Waals surface area contributed by atoms with Gasteiger partial charge in [0.2, 0.25) is 5.76 Å². The van der Waals surface area contributed by atoms with Gasteiger partial charge in [0.15, 0.2) is 0 Å². The maximum Gasteiger partial charge on any atom is 0.372 e. The summed E-state index contributed by atoms with van der Waals surface area (Å²) in [7, 11) is 2.06. The van der Waals surface area contributed by atoms with E-state index in [4.69, 9.17) is 9.52 Å². The standard InChI is InChI=1S/C13H20N2O3/c1-9-7-11(18-12(9)13(16)17)8-15(2)10-3-5-14-6-4-10/h7,10,14H,3-6,8H2,1-2H3,(H,16,17). The predicted octanol–water partition coefficient (Wildman–Crippen LogP) is 1.47. The number of hydrogen-bond acceptors (Lipinski definition) is 4. The Kier molecular flexibility index (Phi) is 4.04. The van der Waals surface area contributed by atoms with Gasteiger partial charge in [0.05, 0.1) is 6.54 Å². The van der Waals surface area contributed by atoms with Gasteiger partial charge in [-0.15, -0.1) is 0 Å². The van der Waals surface area contributed by atoms with Crippen LogP contribution in [0.4, 0.5) is 0 Å². The Bertz CT molecular complexity index is 422. The maximum atomic E-state index is 10.9. The van der Waals surface area contributed by atoms with Crippen LogP contribution in [0.15, 0.2) is 10.5 Å². The Morgan fingerprint density at radius 1 is 1.56 bits per heavy atom. The van der Waals surface area contributed by atoms with Gasteiger partial charge in [0.25, 0.3) is 0 Å². The van der Waals surface area contributed by atoms with Gasteiger partial charge in [-0.05, 0) is 46.0 Å². The molecule has 0 atom stereocenters. The van der Waals surface area contributed by atoms with Crippen molar-refractivity contribution in [3.63, 3.8) is 0 Å². The third-order valence-electron chi connectivity index (χ3n) is 3.50. The molecule has 1 aromatic heterocycles. The highest BCUT2D eigenvalue weighted by molar-refractivity contribution is 5.86. The molecule has 2 rings (SSSR count). The lowest BCUT2D eigenvalue weighted by atomic mass is 10.1. The van der Waals surface area contributed by atoms with Gasteiger partial charge in [0.1, 0.15) is 5.76 Å². The first-order valence-corrected chi connectivity index (χ1v) is 6.31. The summed E-state index contributed by atoms with van der Waals surface area (Å²) in [5, 5.41) is 12.3. The average Bonchev–Trinajstić information content (AvgIpc) is 2.71. The molecule has 1 aromatic rings. The van der Waals surface area contributed by atoms with Crippen LogP contribution in [0, 0.1) is 6.92 Å². The van der Waals surface area contributed by atoms with Crippen molar-refractivity contribution in [3.05, 3.63) is 23.2 Å². The normalized spacial score (nSPS) is 17.3. The molecule has 100 valence electrons.